The third kappa shape index (κ3) is 78.1. The van der Waals surface area contributed by atoms with Gasteiger partial charge in [0.05, 0.1) is 20.0 Å². The summed E-state index contributed by atoms with van der Waals surface area (Å²) < 4.78 is 9.48. The Bertz CT molecular complexity index is 1010. The van der Waals surface area contributed by atoms with Crippen molar-refractivity contribution < 1.29 is 34.4 Å². The molecule has 1 unspecified atom stereocenters. The lowest BCUT2D eigenvalue weighted by atomic mass is 10.1. The zero-order valence-electron chi connectivity index (χ0n) is 45.4. The molecule has 1 atom stereocenters. The van der Waals surface area contributed by atoms with Crippen LogP contribution in [0.1, 0.15) is 297 Å². The quantitative estimate of drug-likeness (QED) is 0.0241. The van der Waals surface area contributed by atoms with Crippen LogP contribution in [-0.4, -0.2) is 53.7 Å². The minimum absolute atomic E-state index is 0.0763. The van der Waals surface area contributed by atoms with Gasteiger partial charge in [-0.3, -0.25) is 9.59 Å². The average molecular weight is 950 g/mol. The van der Waals surface area contributed by atoms with Crippen LogP contribution in [0.25, 0.3) is 0 Å². The Kier molecular flexibility index (Phi) is 74.6. The second-order valence-electron chi connectivity index (χ2n) is 18.6. The molecule has 3 N–H and O–H groups in total. The molecule has 0 rings (SSSR count). The smallest absolute Gasteiger partial charge is 0.305 e. The first-order valence-electron chi connectivity index (χ1n) is 28.6. The molecule has 0 aliphatic rings. The second-order valence-corrected chi connectivity index (χ2v) is 18.6. The Morgan fingerprint density at radius 2 is 0.716 bits per heavy atom. The molecule has 0 fully saturated rings. The van der Waals surface area contributed by atoms with E-state index in [1.165, 1.54) is 219 Å². The highest BCUT2D eigenvalue weighted by Crippen LogP contribution is 2.13. The normalized spacial score (nSPS) is 11.4. The lowest BCUT2D eigenvalue weighted by molar-refractivity contribution is -0.147. The van der Waals surface area contributed by atoms with Gasteiger partial charge in [0.2, 0.25) is 0 Å². The maximum atomic E-state index is 11.4. The van der Waals surface area contributed by atoms with Gasteiger partial charge in [0.25, 0.3) is 0 Å². The van der Waals surface area contributed by atoms with E-state index in [0.29, 0.717) is 12.8 Å². The van der Waals surface area contributed by atoms with Gasteiger partial charge in [-0.2, -0.15) is 0 Å². The summed E-state index contributed by atoms with van der Waals surface area (Å²) >= 11 is 0. The summed E-state index contributed by atoms with van der Waals surface area (Å²) in [4.78, 5) is 22.3. The van der Waals surface area contributed by atoms with Gasteiger partial charge in [0.15, 0.2) is 0 Å². The average Bonchev–Trinajstić information content (AvgIpc) is 3.34. The number of carbonyl (C=O) groups is 2. The molecule has 0 amide bonds. The lowest BCUT2D eigenvalue weighted by Gasteiger charge is -2.08. The van der Waals surface area contributed by atoms with Crippen LogP contribution in [0.5, 0.6) is 0 Å². The SMILES string of the molecule is C=CCCCCCCCC.CCCCCCCC/C=C/CCCCCCCC(=O)OC.CCCCCCCC/C=C/CCCCCCCC(=O)OCC(O)CO.CCCCCCCC/C=C\O. The van der Waals surface area contributed by atoms with Gasteiger partial charge in [-0.25, -0.2) is 0 Å². The summed E-state index contributed by atoms with van der Waals surface area (Å²) in [5.41, 5.74) is 0. The van der Waals surface area contributed by atoms with Gasteiger partial charge in [-0.15, -0.1) is 6.58 Å². The number of unbranched alkanes of at least 4 members (excludes halogenated alkanes) is 34. The number of allylic oxidation sites excluding steroid dienone is 6. The topological polar surface area (TPSA) is 113 Å². The minimum Gasteiger partial charge on any atom is -0.516 e. The van der Waals surface area contributed by atoms with Crippen molar-refractivity contribution in [2.75, 3.05) is 20.3 Å². The Labute approximate surface area is 417 Å². The monoisotopic (exact) mass is 949 g/mol. The molecule has 0 aliphatic carbocycles. The first-order chi connectivity index (χ1) is 32.8. The number of ether oxygens (including phenoxy) is 2. The van der Waals surface area contributed by atoms with Crippen molar-refractivity contribution in [1.29, 1.82) is 0 Å². The Balaban J connectivity index is -0.000000423. The molecular weight excluding hydrogens is 833 g/mol. The standard InChI is InChI=1S/C21H40O4.C19H36O2.C10H20O.C10H20/c1-2-3-4-5-6-7-8-9-10-11-12-13-14-15-16-17-21(24)25-19-20(23)18-22;1-3-4-5-6-7-8-9-10-11-12-13-14-15-16-17-18-19(20)21-2;1-2-3-4-5-6-7-8-9-10-11;1-3-5-7-9-10-8-6-4-2/h9-10,20,22-23H,2-8,11-19H2,1H3;10-11H,3-9,12-18H2,1-2H3;9-11H,2-8H2,1H3;3H,1,4-10H2,2H3/b10-9+;11-10+;10-9-;. The van der Waals surface area contributed by atoms with E-state index >= 15 is 0 Å². The third-order valence-electron chi connectivity index (χ3n) is 11.8. The molecule has 0 saturated heterocycles. The lowest BCUT2D eigenvalue weighted by Crippen LogP contribution is -2.21. The van der Waals surface area contributed by atoms with E-state index in [1.54, 1.807) is 0 Å². The van der Waals surface area contributed by atoms with Crippen molar-refractivity contribution in [2.24, 2.45) is 0 Å². The number of rotatable bonds is 47. The molecule has 7 nitrogen and oxygen atoms in total. The molecule has 0 heterocycles. The van der Waals surface area contributed by atoms with Crippen LogP contribution in [0.4, 0.5) is 0 Å². The second kappa shape index (κ2) is 70.2. The Morgan fingerprint density at radius 1 is 0.433 bits per heavy atom. The summed E-state index contributed by atoms with van der Waals surface area (Å²) in [5.74, 6) is -0.363. The highest BCUT2D eigenvalue weighted by molar-refractivity contribution is 5.69. The summed E-state index contributed by atoms with van der Waals surface area (Å²) in [5, 5.41) is 26.0. The molecule has 67 heavy (non-hydrogen) atoms. The maximum absolute atomic E-state index is 11.4. The number of esters is 2. The Morgan fingerprint density at radius 3 is 1.01 bits per heavy atom. The molecule has 0 aliphatic heterocycles. The van der Waals surface area contributed by atoms with Crippen LogP contribution in [0.2, 0.25) is 0 Å². The van der Waals surface area contributed by atoms with Crippen LogP contribution < -0.4 is 0 Å². The maximum Gasteiger partial charge on any atom is 0.305 e. The number of hydrogen-bond donors (Lipinski definition) is 3. The van der Waals surface area contributed by atoms with Crippen LogP contribution >= 0.6 is 0 Å². The van der Waals surface area contributed by atoms with Crippen molar-refractivity contribution in [3.05, 3.63) is 49.3 Å². The van der Waals surface area contributed by atoms with Crippen LogP contribution in [0.15, 0.2) is 49.3 Å². The molecule has 0 aromatic carbocycles. The predicted molar refractivity (Wildman–Crippen MR) is 293 cm³/mol. The highest BCUT2D eigenvalue weighted by Gasteiger charge is 2.07. The van der Waals surface area contributed by atoms with Gasteiger partial charge in [0, 0.05) is 12.8 Å². The van der Waals surface area contributed by atoms with E-state index in [1.807, 2.05) is 12.2 Å². The molecular formula is C60H116O7. The van der Waals surface area contributed by atoms with E-state index in [0.717, 1.165) is 51.2 Å². The predicted octanol–water partition coefficient (Wildman–Crippen LogP) is 18.8. The van der Waals surface area contributed by atoms with E-state index < -0.39 is 6.10 Å². The van der Waals surface area contributed by atoms with Gasteiger partial charge >= 0.3 is 11.9 Å². The fourth-order valence-corrected chi connectivity index (χ4v) is 7.28. The molecule has 0 bridgehead atoms. The summed E-state index contributed by atoms with van der Waals surface area (Å²) in [6.07, 6.45) is 65.6. The van der Waals surface area contributed by atoms with Crippen LogP contribution in [-0.2, 0) is 19.1 Å². The van der Waals surface area contributed by atoms with Crippen LogP contribution in [0, 0.1) is 0 Å². The highest BCUT2D eigenvalue weighted by atomic mass is 16.5. The zero-order chi connectivity index (χ0) is 50.2. The summed E-state index contributed by atoms with van der Waals surface area (Å²) in [6.45, 7) is 12.2. The fraction of sp³-hybridized carbons (Fsp3) is 0.833. The van der Waals surface area contributed by atoms with Crippen molar-refractivity contribution in [2.45, 2.75) is 303 Å². The number of hydrogen-bond acceptors (Lipinski definition) is 7. The molecule has 7 heteroatoms. The van der Waals surface area contributed by atoms with E-state index in [-0.39, 0.29) is 25.2 Å². The van der Waals surface area contributed by atoms with Gasteiger partial charge in [-0.1, -0.05) is 231 Å². The molecule has 0 saturated carbocycles. The van der Waals surface area contributed by atoms with Gasteiger partial charge in [0.1, 0.15) is 12.7 Å². The van der Waals surface area contributed by atoms with Crippen molar-refractivity contribution in [3.63, 3.8) is 0 Å². The van der Waals surface area contributed by atoms with Crippen molar-refractivity contribution in [1.82, 2.24) is 0 Å². The van der Waals surface area contributed by atoms with Gasteiger partial charge in [-0.05, 0) is 89.9 Å². The first kappa shape index (κ1) is 71.2. The largest absolute Gasteiger partial charge is 0.516 e. The fourth-order valence-electron chi connectivity index (χ4n) is 7.28. The van der Waals surface area contributed by atoms with E-state index in [9.17, 15) is 9.59 Å². The van der Waals surface area contributed by atoms with E-state index in [2.05, 4.69) is 63.3 Å². The molecule has 0 radical (unpaired) electrons. The third-order valence-corrected chi connectivity index (χ3v) is 11.8. The molecule has 0 aromatic heterocycles. The molecule has 0 spiro atoms. The first-order valence-corrected chi connectivity index (χ1v) is 28.6. The van der Waals surface area contributed by atoms with Crippen molar-refractivity contribution in [3.8, 4) is 0 Å². The zero-order valence-corrected chi connectivity index (χ0v) is 45.4. The molecule has 0 aromatic rings. The minimum atomic E-state index is -0.960. The number of aliphatic hydroxyl groups excluding tert-OH is 3. The number of aliphatic hydroxyl groups is 3. The molecule has 398 valence electrons. The Hall–Kier alpha value is -2.38. The van der Waals surface area contributed by atoms with Gasteiger partial charge < -0.3 is 24.8 Å². The number of carbonyl (C=O) groups excluding carboxylic acids is 2. The summed E-state index contributed by atoms with van der Waals surface area (Å²) in [7, 11) is 1.46. The van der Waals surface area contributed by atoms with Crippen molar-refractivity contribution >= 4 is 11.9 Å². The van der Waals surface area contributed by atoms with E-state index in [4.69, 9.17) is 20.1 Å². The summed E-state index contributed by atoms with van der Waals surface area (Å²) in [6, 6.07) is 0. The van der Waals surface area contributed by atoms with Crippen LogP contribution in [0.3, 0.4) is 0 Å². The number of methoxy groups -OCH3 is 1.